The molecule has 0 fully saturated rings. The fourth-order valence-electron chi connectivity index (χ4n) is 3.01. The lowest BCUT2D eigenvalue weighted by atomic mass is 10.0. The largest absolute Gasteiger partial charge is 0.326 e. The summed E-state index contributed by atoms with van der Waals surface area (Å²) < 4.78 is 27.5. The van der Waals surface area contributed by atoms with Crippen LogP contribution in [0.3, 0.4) is 0 Å². The topological polar surface area (TPSA) is 112 Å². The van der Waals surface area contributed by atoms with Gasteiger partial charge in [-0.1, -0.05) is 23.8 Å². The van der Waals surface area contributed by atoms with Crippen molar-refractivity contribution in [3.8, 4) is 0 Å². The molecule has 0 spiro atoms. The van der Waals surface area contributed by atoms with Gasteiger partial charge < -0.3 is 4.98 Å². The van der Waals surface area contributed by atoms with E-state index in [4.69, 9.17) is 0 Å². The van der Waals surface area contributed by atoms with Gasteiger partial charge in [0.15, 0.2) is 0 Å². The Labute approximate surface area is 156 Å². The maximum absolute atomic E-state index is 12.5. The second kappa shape index (κ2) is 7.50. The van der Waals surface area contributed by atoms with Crippen molar-refractivity contribution in [2.45, 2.75) is 31.6 Å². The molecule has 0 amide bonds. The monoisotopic (exact) mass is 387 g/mol. The number of hydrogen-bond donors (Lipinski definition) is 3. The van der Waals surface area contributed by atoms with E-state index >= 15 is 0 Å². The van der Waals surface area contributed by atoms with Crippen LogP contribution < -0.4 is 16.0 Å². The van der Waals surface area contributed by atoms with E-state index in [-0.39, 0.29) is 22.3 Å². The van der Waals surface area contributed by atoms with Crippen LogP contribution in [0.2, 0.25) is 0 Å². The van der Waals surface area contributed by atoms with Gasteiger partial charge in [0.1, 0.15) is 0 Å². The van der Waals surface area contributed by atoms with Crippen LogP contribution in [0.25, 0.3) is 10.9 Å². The molecule has 0 aliphatic heterocycles. The molecule has 0 aliphatic rings. The highest BCUT2D eigenvalue weighted by Crippen LogP contribution is 2.15. The fourth-order valence-corrected chi connectivity index (χ4v) is 4.11. The summed E-state index contributed by atoms with van der Waals surface area (Å²) >= 11 is 0. The van der Waals surface area contributed by atoms with Gasteiger partial charge in [-0.3, -0.25) is 9.78 Å². The number of aromatic amines is 2. The quantitative estimate of drug-likeness (QED) is 0.559. The van der Waals surface area contributed by atoms with Gasteiger partial charge in [-0.15, -0.1) is 0 Å². The summed E-state index contributed by atoms with van der Waals surface area (Å²) in [5, 5.41) is 0.118. The Balaban J connectivity index is 1.70. The van der Waals surface area contributed by atoms with E-state index in [9.17, 15) is 18.0 Å². The van der Waals surface area contributed by atoms with Gasteiger partial charge in [0.2, 0.25) is 10.0 Å². The summed E-state index contributed by atoms with van der Waals surface area (Å²) in [6.45, 7) is 4.37. The molecule has 0 unspecified atom stereocenters. The molecule has 3 aromatic rings. The van der Waals surface area contributed by atoms with Crippen molar-refractivity contribution in [1.82, 2.24) is 14.7 Å². The maximum Gasteiger partial charge on any atom is 0.326 e. The van der Waals surface area contributed by atoms with Gasteiger partial charge >= 0.3 is 5.69 Å². The molecule has 7 nitrogen and oxygen atoms in total. The second-order valence-electron chi connectivity index (χ2n) is 6.55. The highest BCUT2D eigenvalue weighted by atomic mass is 32.2. The highest BCUT2D eigenvalue weighted by molar-refractivity contribution is 7.89. The average Bonchev–Trinajstić information content (AvgIpc) is 2.59. The van der Waals surface area contributed by atoms with Gasteiger partial charge in [0, 0.05) is 6.54 Å². The number of nitrogens with one attached hydrogen (secondary N) is 3. The van der Waals surface area contributed by atoms with Crippen molar-refractivity contribution in [3.63, 3.8) is 0 Å². The minimum atomic E-state index is -3.74. The first-order valence-corrected chi connectivity index (χ1v) is 10.1. The normalized spacial score (nSPS) is 11.8. The molecule has 0 aliphatic carbocycles. The lowest BCUT2D eigenvalue weighted by Crippen LogP contribution is -2.26. The smallest absolute Gasteiger partial charge is 0.307 e. The Bertz CT molecular complexity index is 1210. The zero-order valence-corrected chi connectivity index (χ0v) is 15.9. The molecule has 0 atom stereocenters. The summed E-state index contributed by atoms with van der Waals surface area (Å²) in [4.78, 5) is 27.7. The lowest BCUT2D eigenvalue weighted by molar-refractivity contribution is 0.579. The molecule has 3 rings (SSSR count). The third kappa shape index (κ3) is 4.35. The molecule has 3 N–H and O–H groups in total. The number of fused-ring (bicyclic) bond motifs is 1. The van der Waals surface area contributed by atoms with Crippen molar-refractivity contribution in [2.24, 2.45) is 0 Å². The Morgan fingerprint density at radius 3 is 2.52 bits per heavy atom. The number of H-pyrrole nitrogens is 2. The van der Waals surface area contributed by atoms with Crippen LogP contribution >= 0.6 is 0 Å². The third-order valence-corrected chi connectivity index (χ3v) is 5.89. The second-order valence-corrected chi connectivity index (χ2v) is 8.31. The van der Waals surface area contributed by atoms with Crippen LogP contribution in [0, 0.1) is 13.8 Å². The van der Waals surface area contributed by atoms with Crippen LogP contribution in [-0.4, -0.2) is 24.9 Å². The highest BCUT2D eigenvalue weighted by Gasteiger charge is 2.15. The van der Waals surface area contributed by atoms with Gasteiger partial charge in [-0.2, -0.15) is 0 Å². The molecule has 142 valence electrons. The van der Waals surface area contributed by atoms with E-state index in [1.807, 2.05) is 19.9 Å². The van der Waals surface area contributed by atoms with Crippen molar-refractivity contribution in [1.29, 1.82) is 0 Å². The Morgan fingerprint density at radius 2 is 1.78 bits per heavy atom. The molecular weight excluding hydrogens is 366 g/mol. The summed E-state index contributed by atoms with van der Waals surface area (Å²) in [5.41, 5.74) is 2.62. The van der Waals surface area contributed by atoms with Crippen LogP contribution in [0.4, 0.5) is 0 Å². The predicted molar refractivity (Wildman–Crippen MR) is 105 cm³/mol. The van der Waals surface area contributed by atoms with Crippen molar-refractivity contribution >= 4 is 20.9 Å². The number of hydrogen-bond acceptors (Lipinski definition) is 4. The fraction of sp³-hybridized carbons (Fsp3) is 0.263. The van der Waals surface area contributed by atoms with E-state index in [1.54, 1.807) is 0 Å². The molecule has 0 saturated heterocycles. The molecule has 27 heavy (non-hydrogen) atoms. The zero-order valence-electron chi connectivity index (χ0n) is 15.1. The number of rotatable bonds is 6. The Kier molecular flexibility index (Phi) is 5.29. The Hall–Kier alpha value is -2.71. The van der Waals surface area contributed by atoms with E-state index in [0.29, 0.717) is 6.42 Å². The van der Waals surface area contributed by atoms with Gasteiger partial charge in [0.05, 0.1) is 15.8 Å². The molecular formula is C19H21N3O4S. The summed E-state index contributed by atoms with van der Waals surface area (Å²) in [5.74, 6) is 0. The SMILES string of the molecule is Cc1ccc(CCCNS(=O)(=O)c2ccc3[nH]c(=O)[nH]c(=O)c3c2)c(C)c1. The molecule has 1 aromatic heterocycles. The number of benzene rings is 2. The van der Waals surface area contributed by atoms with Crippen LogP contribution in [0.1, 0.15) is 23.1 Å². The first-order valence-electron chi connectivity index (χ1n) is 8.58. The lowest BCUT2D eigenvalue weighted by Gasteiger charge is -2.09. The molecule has 8 heteroatoms. The molecule has 0 radical (unpaired) electrons. The third-order valence-electron chi connectivity index (χ3n) is 4.43. The van der Waals surface area contributed by atoms with Crippen molar-refractivity contribution < 1.29 is 8.42 Å². The number of aryl methyl sites for hydroxylation is 3. The Morgan fingerprint density at radius 1 is 1.00 bits per heavy atom. The molecule has 2 aromatic carbocycles. The summed E-state index contributed by atoms with van der Waals surface area (Å²) in [6, 6.07) is 10.3. The number of aromatic nitrogens is 2. The molecule has 1 heterocycles. The minimum absolute atomic E-state index is 0.0148. The maximum atomic E-state index is 12.5. The van der Waals surface area contributed by atoms with Gasteiger partial charge in [-0.05, 0) is 56.0 Å². The zero-order chi connectivity index (χ0) is 19.6. The van der Waals surface area contributed by atoms with E-state index < -0.39 is 21.3 Å². The minimum Gasteiger partial charge on any atom is -0.307 e. The van der Waals surface area contributed by atoms with Crippen LogP contribution in [0.15, 0.2) is 50.9 Å². The van der Waals surface area contributed by atoms with Gasteiger partial charge in [-0.25, -0.2) is 17.9 Å². The van der Waals surface area contributed by atoms with Crippen LogP contribution in [0.5, 0.6) is 0 Å². The predicted octanol–water partition coefficient (Wildman–Crippen LogP) is 1.74. The van der Waals surface area contributed by atoms with E-state index in [1.165, 1.54) is 34.9 Å². The molecule has 0 bridgehead atoms. The first-order chi connectivity index (χ1) is 12.8. The molecule has 0 saturated carbocycles. The van der Waals surface area contributed by atoms with Crippen molar-refractivity contribution in [3.05, 3.63) is 73.9 Å². The van der Waals surface area contributed by atoms with Gasteiger partial charge in [0.25, 0.3) is 5.56 Å². The summed E-state index contributed by atoms with van der Waals surface area (Å²) in [6.07, 6.45) is 1.43. The van der Waals surface area contributed by atoms with Crippen LogP contribution in [-0.2, 0) is 16.4 Å². The van der Waals surface area contributed by atoms with Crippen molar-refractivity contribution in [2.75, 3.05) is 6.54 Å². The average molecular weight is 387 g/mol. The first kappa shape index (κ1) is 19.1. The summed E-state index contributed by atoms with van der Waals surface area (Å²) in [7, 11) is -3.74. The van der Waals surface area contributed by atoms with E-state index in [0.717, 1.165) is 6.42 Å². The standard InChI is InChI=1S/C19H21N3O4S/c1-12-5-6-14(13(2)10-12)4-3-9-20-27(25,26)15-7-8-17-16(11-15)18(23)22-19(24)21-17/h5-8,10-11,20H,3-4,9H2,1-2H3,(H2,21,22,23,24). The van der Waals surface area contributed by atoms with E-state index in [2.05, 4.69) is 26.8 Å². The number of sulfonamides is 1.